The summed E-state index contributed by atoms with van der Waals surface area (Å²) in [5.74, 6) is 0. The van der Waals surface area contributed by atoms with Crippen LogP contribution in [0, 0.1) is 6.92 Å². The Bertz CT molecular complexity index is 952. The fourth-order valence-electron chi connectivity index (χ4n) is 2.72. The first-order valence-corrected chi connectivity index (χ1v) is 7.28. The van der Waals surface area contributed by atoms with E-state index in [-0.39, 0.29) is 0 Å². The first kappa shape index (κ1) is 12.5. The Labute approximate surface area is 127 Å². The van der Waals surface area contributed by atoms with Gasteiger partial charge in [0.1, 0.15) is 11.2 Å². The Hall–Kier alpha value is -2.25. The summed E-state index contributed by atoms with van der Waals surface area (Å²) in [4.78, 5) is 0. The molecule has 21 heavy (non-hydrogen) atoms. The lowest BCUT2D eigenvalue weighted by Gasteiger charge is -2.01. The van der Waals surface area contributed by atoms with E-state index >= 15 is 0 Å². The molecule has 0 fully saturated rings. The van der Waals surface area contributed by atoms with E-state index in [0.717, 1.165) is 32.5 Å². The van der Waals surface area contributed by atoms with Gasteiger partial charge in [0.2, 0.25) is 0 Å². The van der Waals surface area contributed by atoms with Gasteiger partial charge in [-0.2, -0.15) is 0 Å². The fourth-order valence-corrected chi connectivity index (χ4v) is 2.87. The second-order valence-electron chi connectivity index (χ2n) is 5.28. The Morgan fingerprint density at radius 1 is 0.762 bits per heavy atom. The molecule has 0 saturated heterocycles. The lowest BCUT2D eigenvalue weighted by atomic mass is 10.0. The Balaban J connectivity index is 2.02. The van der Waals surface area contributed by atoms with Crippen molar-refractivity contribution in [3.05, 3.63) is 71.2 Å². The van der Waals surface area contributed by atoms with Crippen LogP contribution < -0.4 is 0 Å². The molecule has 3 aromatic carbocycles. The molecule has 0 amide bonds. The van der Waals surface area contributed by atoms with Gasteiger partial charge in [0.25, 0.3) is 0 Å². The third-order valence-electron chi connectivity index (χ3n) is 3.86. The van der Waals surface area contributed by atoms with Crippen LogP contribution in [0.3, 0.4) is 0 Å². The second-order valence-corrected chi connectivity index (χ2v) is 5.68. The van der Waals surface area contributed by atoms with Crippen LogP contribution in [0.25, 0.3) is 33.1 Å². The summed E-state index contributed by atoms with van der Waals surface area (Å²) in [6.45, 7) is 2.02. The molecule has 0 aliphatic rings. The van der Waals surface area contributed by atoms with Crippen LogP contribution in [-0.4, -0.2) is 0 Å². The summed E-state index contributed by atoms with van der Waals surface area (Å²) in [6.07, 6.45) is 0. The predicted molar refractivity (Wildman–Crippen MR) is 88.9 cm³/mol. The molecule has 4 rings (SSSR count). The highest BCUT2D eigenvalue weighted by atomic mass is 35.5. The van der Waals surface area contributed by atoms with E-state index in [9.17, 15) is 0 Å². The SMILES string of the molecule is Cc1cc2c(cc1Cl)oc1ccc(-c3ccccc3)cc12. The number of fused-ring (bicyclic) bond motifs is 3. The first-order chi connectivity index (χ1) is 10.2. The van der Waals surface area contributed by atoms with Crippen molar-refractivity contribution in [2.24, 2.45) is 0 Å². The maximum absolute atomic E-state index is 6.18. The Morgan fingerprint density at radius 3 is 2.33 bits per heavy atom. The quantitative estimate of drug-likeness (QED) is 0.406. The van der Waals surface area contributed by atoms with Gasteiger partial charge in [0, 0.05) is 21.9 Å². The van der Waals surface area contributed by atoms with Crippen LogP contribution >= 0.6 is 11.6 Å². The van der Waals surface area contributed by atoms with Crippen LogP contribution in [0.15, 0.2) is 65.1 Å². The Morgan fingerprint density at radius 2 is 1.52 bits per heavy atom. The molecule has 0 saturated carbocycles. The van der Waals surface area contributed by atoms with Crippen molar-refractivity contribution >= 4 is 33.5 Å². The van der Waals surface area contributed by atoms with Crippen molar-refractivity contribution in [3.8, 4) is 11.1 Å². The van der Waals surface area contributed by atoms with Crippen molar-refractivity contribution < 1.29 is 4.42 Å². The van der Waals surface area contributed by atoms with Gasteiger partial charge in [-0.05, 0) is 41.8 Å². The van der Waals surface area contributed by atoms with Crippen molar-refractivity contribution in [3.63, 3.8) is 0 Å². The third-order valence-corrected chi connectivity index (χ3v) is 4.26. The molecule has 0 atom stereocenters. The molecular formula is C19H13ClO. The highest BCUT2D eigenvalue weighted by molar-refractivity contribution is 6.32. The van der Waals surface area contributed by atoms with Crippen molar-refractivity contribution in [2.45, 2.75) is 6.92 Å². The molecule has 0 aliphatic heterocycles. The maximum atomic E-state index is 6.18. The van der Waals surface area contributed by atoms with Gasteiger partial charge in [0.15, 0.2) is 0 Å². The smallest absolute Gasteiger partial charge is 0.136 e. The minimum Gasteiger partial charge on any atom is -0.456 e. The van der Waals surface area contributed by atoms with E-state index in [0.29, 0.717) is 0 Å². The van der Waals surface area contributed by atoms with E-state index in [2.05, 4.69) is 42.5 Å². The molecule has 0 radical (unpaired) electrons. The van der Waals surface area contributed by atoms with Gasteiger partial charge in [-0.1, -0.05) is 48.0 Å². The second kappa shape index (κ2) is 4.64. The number of hydrogen-bond acceptors (Lipinski definition) is 1. The number of furan rings is 1. The predicted octanol–water partition coefficient (Wildman–Crippen LogP) is 6.21. The molecule has 1 aromatic heterocycles. The van der Waals surface area contributed by atoms with Crippen LogP contribution in [-0.2, 0) is 0 Å². The standard InChI is InChI=1S/C19H13ClO/c1-12-9-15-16-10-14(13-5-3-2-4-6-13)7-8-18(16)21-19(15)11-17(12)20/h2-11H,1H3. The van der Waals surface area contributed by atoms with E-state index < -0.39 is 0 Å². The highest BCUT2D eigenvalue weighted by Gasteiger charge is 2.10. The largest absolute Gasteiger partial charge is 0.456 e. The minimum absolute atomic E-state index is 0.741. The molecule has 0 aliphatic carbocycles. The van der Waals surface area contributed by atoms with Crippen molar-refractivity contribution in [1.29, 1.82) is 0 Å². The van der Waals surface area contributed by atoms with Crippen LogP contribution in [0.2, 0.25) is 5.02 Å². The summed E-state index contributed by atoms with van der Waals surface area (Å²) in [5.41, 5.74) is 5.20. The normalized spacial score (nSPS) is 11.3. The van der Waals surface area contributed by atoms with Crippen molar-refractivity contribution in [1.82, 2.24) is 0 Å². The van der Waals surface area contributed by atoms with E-state index in [1.807, 2.05) is 25.1 Å². The zero-order valence-electron chi connectivity index (χ0n) is 11.6. The fraction of sp³-hybridized carbons (Fsp3) is 0.0526. The number of rotatable bonds is 1. The first-order valence-electron chi connectivity index (χ1n) is 6.90. The molecule has 102 valence electrons. The number of benzene rings is 3. The lowest BCUT2D eigenvalue weighted by Crippen LogP contribution is -1.77. The summed E-state index contributed by atoms with van der Waals surface area (Å²) >= 11 is 6.18. The molecule has 1 heterocycles. The zero-order valence-corrected chi connectivity index (χ0v) is 12.3. The van der Waals surface area contributed by atoms with Gasteiger partial charge in [-0.25, -0.2) is 0 Å². The van der Waals surface area contributed by atoms with Gasteiger partial charge in [-0.3, -0.25) is 0 Å². The number of hydrogen-bond donors (Lipinski definition) is 0. The van der Waals surface area contributed by atoms with Gasteiger partial charge in [-0.15, -0.1) is 0 Å². The van der Waals surface area contributed by atoms with Gasteiger partial charge in [0.05, 0.1) is 0 Å². The molecule has 0 bridgehead atoms. The average molecular weight is 293 g/mol. The maximum Gasteiger partial charge on any atom is 0.136 e. The Kier molecular flexibility index (Phi) is 2.76. The topological polar surface area (TPSA) is 13.1 Å². The van der Waals surface area contributed by atoms with Crippen LogP contribution in [0.5, 0.6) is 0 Å². The molecule has 4 aromatic rings. The summed E-state index contributed by atoms with van der Waals surface area (Å²) in [7, 11) is 0. The summed E-state index contributed by atoms with van der Waals surface area (Å²) in [5, 5.41) is 2.99. The molecule has 1 nitrogen and oxygen atoms in total. The summed E-state index contributed by atoms with van der Waals surface area (Å²) in [6, 6.07) is 20.7. The number of aryl methyl sites for hydroxylation is 1. The average Bonchev–Trinajstić information content (AvgIpc) is 2.85. The minimum atomic E-state index is 0.741. The molecule has 0 spiro atoms. The number of halogens is 1. The summed E-state index contributed by atoms with van der Waals surface area (Å²) < 4.78 is 5.89. The van der Waals surface area contributed by atoms with E-state index in [4.69, 9.17) is 16.0 Å². The molecule has 0 N–H and O–H groups in total. The third kappa shape index (κ3) is 2.01. The van der Waals surface area contributed by atoms with Gasteiger partial charge >= 0.3 is 0 Å². The molecular weight excluding hydrogens is 280 g/mol. The molecule has 0 unspecified atom stereocenters. The zero-order chi connectivity index (χ0) is 14.4. The van der Waals surface area contributed by atoms with E-state index in [1.54, 1.807) is 0 Å². The van der Waals surface area contributed by atoms with E-state index in [1.165, 1.54) is 11.1 Å². The lowest BCUT2D eigenvalue weighted by molar-refractivity contribution is 0.669. The highest BCUT2D eigenvalue weighted by Crippen LogP contribution is 2.34. The van der Waals surface area contributed by atoms with Crippen LogP contribution in [0.4, 0.5) is 0 Å². The van der Waals surface area contributed by atoms with Crippen LogP contribution in [0.1, 0.15) is 5.56 Å². The monoisotopic (exact) mass is 292 g/mol. The van der Waals surface area contributed by atoms with Crippen molar-refractivity contribution in [2.75, 3.05) is 0 Å². The molecule has 2 heteroatoms. The van der Waals surface area contributed by atoms with Gasteiger partial charge < -0.3 is 4.42 Å².